The molecule has 7 nitrogen and oxygen atoms in total. The number of nitrogens with zero attached hydrogens (tertiary/aromatic N) is 4. The SMILES string of the molecule is CCOC(=O)N1CCN(c2ccc(C(=O)N3CCCC3)nc2)CC1. The van der Waals surface area contributed by atoms with E-state index in [1.54, 1.807) is 17.2 Å². The summed E-state index contributed by atoms with van der Waals surface area (Å²) in [6, 6.07) is 3.74. The molecule has 1 aromatic heterocycles. The fourth-order valence-corrected chi connectivity index (χ4v) is 3.14. The summed E-state index contributed by atoms with van der Waals surface area (Å²) in [5.74, 6) is 0.0196. The lowest BCUT2D eigenvalue weighted by Crippen LogP contribution is -2.49. The number of carbonyl (C=O) groups excluding carboxylic acids is 2. The van der Waals surface area contributed by atoms with Gasteiger partial charge in [-0.1, -0.05) is 0 Å². The van der Waals surface area contributed by atoms with Crippen molar-refractivity contribution in [2.24, 2.45) is 0 Å². The summed E-state index contributed by atoms with van der Waals surface area (Å²) in [5, 5.41) is 0. The summed E-state index contributed by atoms with van der Waals surface area (Å²) in [4.78, 5) is 34.1. The average Bonchev–Trinajstić information content (AvgIpc) is 3.16. The highest BCUT2D eigenvalue weighted by Gasteiger charge is 2.23. The van der Waals surface area contributed by atoms with Crippen LogP contribution in [0.5, 0.6) is 0 Å². The van der Waals surface area contributed by atoms with Crippen molar-refractivity contribution in [2.45, 2.75) is 19.8 Å². The van der Waals surface area contributed by atoms with Gasteiger partial charge in [-0.05, 0) is 31.9 Å². The van der Waals surface area contributed by atoms with Gasteiger partial charge in [-0.3, -0.25) is 4.79 Å². The van der Waals surface area contributed by atoms with Crippen LogP contribution in [0.15, 0.2) is 18.3 Å². The zero-order valence-electron chi connectivity index (χ0n) is 14.1. The third-order valence-electron chi connectivity index (χ3n) is 4.53. The summed E-state index contributed by atoms with van der Waals surface area (Å²) in [5.41, 5.74) is 1.49. The molecule has 24 heavy (non-hydrogen) atoms. The minimum absolute atomic E-state index is 0.0196. The Bertz CT molecular complexity index is 576. The van der Waals surface area contributed by atoms with E-state index in [0.717, 1.165) is 44.7 Å². The first-order chi connectivity index (χ1) is 11.7. The molecule has 1 aromatic rings. The van der Waals surface area contributed by atoms with Gasteiger partial charge in [-0.25, -0.2) is 9.78 Å². The van der Waals surface area contributed by atoms with Crippen molar-refractivity contribution in [3.63, 3.8) is 0 Å². The second kappa shape index (κ2) is 7.51. The molecule has 0 aromatic carbocycles. The summed E-state index contributed by atoms with van der Waals surface area (Å²) < 4.78 is 5.03. The highest BCUT2D eigenvalue weighted by molar-refractivity contribution is 5.92. The van der Waals surface area contributed by atoms with Crippen LogP contribution in [0.2, 0.25) is 0 Å². The first-order valence-corrected chi connectivity index (χ1v) is 8.61. The van der Waals surface area contributed by atoms with Crippen molar-refractivity contribution in [3.8, 4) is 0 Å². The van der Waals surface area contributed by atoms with Crippen molar-refractivity contribution in [3.05, 3.63) is 24.0 Å². The van der Waals surface area contributed by atoms with Crippen LogP contribution in [0.3, 0.4) is 0 Å². The van der Waals surface area contributed by atoms with E-state index in [0.29, 0.717) is 25.4 Å². The number of hydrogen-bond donors (Lipinski definition) is 0. The van der Waals surface area contributed by atoms with Gasteiger partial charge in [-0.15, -0.1) is 0 Å². The summed E-state index contributed by atoms with van der Waals surface area (Å²) in [6.07, 6.45) is 3.66. The number of amides is 2. The molecule has 0 bridgehead atoms. The molecule has 0 atom stereocenters. The maximum absolute atomic E-state index is 12.3. The van der Waals surface area contributed by atoms with Crippen molar-refractivity contribution < 1.29 is 14.3 Å². The third kappa shape index (κ3) is 3.60. The highest BCUT2D eigenvalue weighted by Crippen LogP contribution is 2.18. The van der Waals surface area contributed by atoms with Crippen LogP contribution in [-0.2, 0) is 4.74 Å². The van der Waals surface area contributed by atoms with Gasteiger partial charge in [0.1, 0.15) is 5.69 Å². The quantitative estimate of drug-likeness (QED) is 0.841. The van der Waals surface area contributed by atoms with Gasteiger partial charge in [0.15, 0.2) is 0 Å². The van der Waals surface area contributed by atoms with Gasteiger partial charge in [0.25, 0.3) is 5.91 Å². The maximum Gasteiger partial charge on any atom is 0.409 e. The Morgan fingerprint density at radius 1 is 1.04 bits per heavy atom. The Balaban J connectivity index is 1.56. The standard InChI is InChI=1S/C17H24N4O3/c1-2-24-17(23)21-11-9-19(10-12-21)14-5-6-15(18-13-14)16(22)20-7-3-4-8-20/h5-6,13H,2-4,7-12H2,1H3. The van der Waals surface area contributed by atoms with Crippen LogP contribution in [-0.4, -0.2) is 72.7 Å². The van der Waals surface area contributed by atoms with E-state index in [1.165, 1.54) is 0 Å². The molecule has 0 unspecified atom stereocenters. The zero-order valence-corrected chi connectivity index (χ0v) is 14.1. The maximum atomic E-state index is 12.3. The summed E-state index contributed by atoms with van der Waals surface area (Å²) in [6.45, 7) is 6.61. The number of aromatic nitrogens is 1. The third-order valence-corrected chi connectivity index (χ3v) is 4.53. The topological polar surface area (TPSA) is 66.0 Å². The van der Waals surface area contributed by atoms with Crippen molar-refractivity contribution in [1.82, 2.24) is 14.8 Å². The molecular weight excluding hydrogens is 308 g/mol. The van der Waals surface area contributed by atoms with E-state index in [-0.39, 0.29) is 12.0 Å². The fraction of sp³-hybridized carbons (Fsp3) is 0.588. The number of likely N-dealkylation sites (tertiary alicyclic amines) is 1. The van der Waals surface area contributed by atoms with Gasteiger partial charge in [0.05, 0.1) is 18.5 Å². The highest BCUT2D eigenvalue weighted by atomic mass is 16.6. The molecule has 7 heteroatoms. The predicted molar refractivity (Wildman–Crippen MR) is 90.2 cm³/mol. The molecule has 2 saturated heterocycles. The molecule has 0 spiro atoms. The number of pyridine rings is 1. The van der Waals surface area contributed by atoms with Gasteiger partial charge < -0.3 is 19.4 Å². The van der Waals surface area contributed by atoms with Crippen LogP contribution in [0, 0.1) is 0 Å². The molecule has 130 valence electrons. The minimum Gasteiger partial charge on any atom is -0.450 e. The summed E-state index contributed by atoms with van der Waals surface area (Å²) in [7, 11) is 0. The zero-order chi connectivity index (χ0) is 16.9. The molecule has 0 saturated carbocycles. The number of hydrogen-bond acceptors (Lipinski definition) is 5. The molecule has 3 heterocycles. The molecule has 2 aliphatic heterocycles. The molecule has 2 fully saturated rings. The number of carbonyl (C=O) groups is 2. The second-order valence-corrected chi connectivity index (χ2v) is 6.07. The smallest absolute Gasteiger partial charge is 0.409 e. The first kappa shape index (κ1) is 16.5. The minimum atomic E-state index is -0.248. The Morgan fingerprint density at radius 2 is 1.75 bits per heavy atom. The van der Waals surface area contributed by atoms with Crippen LogP contribution in [0.25, 0.3) is 0 Å². The van der Waals surface area contributed by atoms with E-state index in [9.17, 15) is 9.59 Å². The average molecular weight is 332 g/mol. The van der Waals surface area contributed by atoms with E-state index in [1.807, 2.05) is 17.9 Å². The molecule has 2 aliphatic rings. The van der Waals surface area contributed by atoms with Crippen LogP contribution < -0.4 is 4.90 Å². The molecule has 0 aliphatic carbocycles. The fourth-order valence-electron chi connectivity index (χ4n) is 3.14. The molecule has 2 amide bonds. The Hall–Kier alpha value is -2.31. The van der Waals surface area contributed by atoms with E-state index < -0.39 is 0 Å². The predicted octanol–water partition coefficient (Wildman–Crippen LogP) is 1.60. The van der Waals surface area contributed by atoms with Gasteiger partial charge >= 0.3 is 6.09 Å². The Morgan fingerprint density at radius 3 is 2.33 bits per heavy atom. The van der Waals surface area contributed by atoms with Gasteiger partial charge in [0, 0.05) is 39.3 Å². The van der Waals surface area contributed by atoms with Crippen molar-refractivity contribution in [1.29, 1.82) is 0 Å². The monoisotopic (exact) mass is 332 g/mol. The van der Waals surface area contributed by atoms with Crippen molar-refractivity contribution >= 4 is 17.7 Å². The lowest BCUT2D eigenvalue weighted by atomic mass is 10.2. The number of anilines is 1. The summed E-state index contributed by atoms with van der Waals surface area (Å²) >= 11 is 0. The van der Waals surface area contributed by atoms with Crippen LogP contribution >= 0.6 is 0 Å². The molecule has 3 rings (SSSR count). The van der Waals surface area contributed by atoms with Gasteiger partial charge in [0.2, 0.25) is 0 Å². The lowest BCUT2D eigenvalue weighted by Gasteiger charge is -2.35. The van der Waals surface area contributed by atoms with E-state index >= 15 is 0 Å². The van der Waals surface area contributed by atoms with Crippen molar-refractivity contribution in [2.75, 3.05) is 50.8 Å². The van der Waals surface area contributed by atoms with Gasteiger partial charge in [-0.2, -0.15) is 0 Å². The Labute approximate surface area is 142 Å². The molecule has 0 N–H and O–H groups in total. The van der Waals surface area contributed by atoms with Crippen LogP contribution in [0.1, 0.15) is 30.3 Å². The van der Waals surface area contributed by atoms with E-state index in [2.05, 4.69) is 9.88 Å². The normalized spacial score (nSPS) is 18.0. The Kier molecular flexibility index (Phi) is 5.17. The number of ether oxygens (including phenoxy) is 1. The molecular formula is C17H24N4O3. The first-order valence-electron chi connectivity index (χ1n) is 8.61. The largest absolute Gasteiger partial charge is 0.450 e. The van der Waals surface area contributed by atoms with Crippen LogP contribution in [0.4, 0.5) is 10.5 Å². The number of rotatable bonds is 3. The second-order valence-electron chi connectivity index (χ2n) is 6.07. The molecule has 0 radical (unpaired) electrons. The number of piperazine rings is 1. The lowest BCUT2D eigenvalue weighted by molar-refractivity contribution is 0.0786. The van der Waals surface area contributed by atoms with E-state index in [4.69, 9.17) is 4.74 Å².